The van der Waals surface area contributed by atoms with E-state index in [4.69, 9.17) is 9.15 Å². The van der Waals surface area contributed by atoms with Crippen LogP contribution in [0.5, 0.6) is 5.75 Å². The Bertz CT molecular complexity index is 1470. The first-order valence-electron chi connectivity index (χ1n) is 10.6. The fourth-order valence-electron chi connectivity index (χ4n) is 3.73. The molecule has 1 heterocycles. The molecule has 1 aromatic heterocycles. The van der Waals surface area contributed by atoms with E-state index in [1.807, 2.05) is 60.7 Å². The molecule has 0 aliphatic heterocycles. The standard InChI is InChI=1S/C29H20O4/c30-27(21-15-17-23(18-16-21)32-19-20-9-3-1-4-10-20)26-28(31)24-13-7-8-14-25(24)33-29(26)22-11-5-2-6-12-22/h1-18H,19H2. The molecule has 0 aliphatic rings. The second-order valence-electron chi connectivity index (χ2n) is 7.63. The maximum absolute atomic E-state index is 13.5. The van der Waals surface area contributed by atoms with Crippen LogP contribution in [0, 0.1) is 0 Å². The maximum atomic E-state index is 13.5. The van der Waals surface area contributed by atoms with Crippen molar-refractivity contribution in [1.29, 1.82) is 0 Å². The van der Waals surface area contributed by atoms with Gasteiger partial charge in [0.25, 0.3) is 0 Å². The van der Waals surface area contributed by atoms with Gasteiger partial charge in [0.05, 0.1) is 5.39 Å². The van der Waals surface area contributed by atoms with Gasteiger partial charge in [-0.2, -0.15) is 0 Å². The monoisotopic (exact) mass is 432 g/mol. The summed E-state index contributed by atoms with van der Waals surface area (Å²) in [6.45, 7) is 0.431. The summed E-state index contributed by atoms with van der Waals surface area (Å²) in [5.74, 6) is 0.529. The molecule has 5 aromatic rings. The highest BCUT2D eigenvalue weighted by Gasteiger charge is 2.23. The topological polar surface area (TPSA) is 56.5 Å². The Balaban J connectivity index is 1.51. The van der Waals surface area contributed by atoms with Gasteiger partial charge in [-0.05, 0) is 42.0 Å². The molecule has 0 saturated carbocycles. The Morgan fingerprint density at radius 2 is 1.36 bits per heavy atom. The Morgan fingerprint density at radius 3 is 2.09 bits per heavy atom. The summed E-state index contributed by atoms with van der Waals surface area (Å²) in [5, 5.41) is 0.378. The van der Waals surface area contributed by atoms with Gasteiger partial charge < -0.3 is 9.15 Å². The first kappa shape index (κ1) is 20.5. The number of rotatable bonds is 6. The van der Waals surface area contributed by atoms with Crippen molar-refractivity contribution in [3.05, 3.63) is 136 Å². The number of benzene rings is 4. The molecule has 0 fully saturated rings. The SMILES string of the molecule is O=C(c1ccc(OCc2ccccc2)cc1)c1c(-c2ccccc2)oc2ccccc2c1=O. The molecule has 4 heteroatoms. The number of carbonyl (C=O) groups is 1. The van der Waals surface area contributed by atoms with Crippen LogP contribution in [0.1, 0.15) is 21.5 Å². The zero-order chi connectivity index (χ0) is 22.6. The third kappa shape index (κ3) is 4.19. The average molecular weight is 432 g/mol. The van der Waals surface area contributed by atoms with Crippen LogP contribution in [-0.2, 0) is 6.61 Å². The van der Waals surface area contributed by atoms with Crippen LogP contribution < -0.4 is 10.2 Å². The van der Waals surface area contributed by atoms with E-state index in [0.29, 0.717) is 34.5 Å². The number of para-hydroxylation sites is 1. The smallest absolute Gasteiger partial charge is 0.204 e. The Morgan fingerprint density at radius 1 is 0.727 bits per heavy atom. The van der Waals surface area contributed by atoms with Crippen LogP contribution in [0.15, 0.2) is 118 Å². The van der Waals surface area contributed by atoms with E-state index in [-0.39, 0.29) is 22.5 Å². The minimum absolute atomic E-state index is 0.0258. The highest BCUT2D eigenvalue weighted by atomic mass is 16.5. The lowest BCUT2D eigenvalue weighted by Gasteiger charge is -2.11. The molecule has 0 saturated heterocycles. The first-order valence-corrected chi connectivity index (χ1v) is 10.6. The average Bonchev–Trinajstić information content (AvgIpc) is 2.88. The Kier molecular flexibility index (Phi) is 5.56. The molecule has 5 rings (SSSR count). The normalized spacial score (nSPS) is 10.8. The van der Waals surface area contributed by atoms with Crippen molar-refractivity contribution in [2.45, 2.75) is 6.61 Å². The summed E-state index contributed by atoms with van der Waals surface area (Å²) >= 11 is 0. The maximum Gasteiger partial charge on any atom is 0.204 e. The molecular weight excluding hydrogens is 412 g/mol. The van der Waals surface area contributed by atoms with E-state index in [1.165, 1.54) is 0 Å². The Labute approximate surface area is 190 Å². The van der Waals surface area contributed by atoms with Gasteiger partial charge in [-0.3, -0.25) is 9.59 Å². The lowest BCUT2D eigenvalue weighted by molar-refractivity contribution is 0.103. The molecule has 0 unspecified atom stereocenters. The molecule has 0 spiro atoms. The van der Waals surface area contributed by atoms with Crippen LogP contribution >= 0.6 is 0 Å². The third-order valence-corrected chi connectivity index (χ3v) is 5.43. The molecule has 0 aliphatic carbocycles. The van der Waals surface area contributed by atoms with Crippen molar-refractivity contribution in [3.63, 3.8) is 0 Å². The van der Waals surface area contributed by atoms with Gasteiger partial charge in [0, 0.05) is 11.1 Å². The number of ketones is 1. The van der Waals surface area contributed by atoms with Gasteiger partial charge in [0.2, 0.25) is 11.2 Å². The van der Waals surface area contributed by atoms with Gasteiger partial charge in [-0.1, -0.05) is 72.8 Å². The van der Waals surface area contributed by atoms with E-state index in [0.717, 1.165) is 5.56 Å². The predicted molar refractivity (Wildman–Crippen MR) is 129 cm³/mol. The second-order valence-corrected chi connectivity index (χ2v) is 7.63. The molecule has 33 heavy (non-hydrogen) atoms. The van der Waals surface area contributed by atoms with E-state index in [1.54, 1.807) is 48.5 Å². The zero-order valence-corrected chi connectivity index (χ0v) is 17.7. The number of hydrogen-bond acceptors (Lipinski definition) is 4. The molecule has 4 nitrogen and oxygen atoms in total. The van der Waals surface area contributed by atoms with E-state index in [2.05, 4.69) is 0 Å². The minimum Gasteiger partial charge on any atom is -0.489 e. The molecule has 160 valence electrons. The van der Waals surface area contributed by atoms with Gasteiger partial charge in [-0.15, -0.1) is 0 Å². The van der Waals surface area contributed by atoms with Crippen molar-refractivity contribution < 1.29 is 13.9 Å². The second kappa shape index (κ2) is 8.97. The van der Waals surface area contributed by atoms with Crippen molar-refractivity contribution >= 4 is 16.8 Å². The summed E-state index contributed by atoms with van der Waals surface area (Å²) in [6, 6.07) is 32.8. The summed E-state index contributed by atoms with van der Waals surface area (Å²) in [4.78, 5) is 26.9. The zero-order valence-electron chi connectivity index (χ0n) is 17.7. The van der Waals surface area contributed by atoms with E-state index >= 15 is 0 Å². The number of hydrogen-bond donors (Lipinski definition) is 0. The van der Waals surface area contributed by atoms with Crippen molar-refractivity contribution in [2.24, 2.45) is 0 Å². The lowest BCUT2D eigenvalue weighted by Crippen LogP contribution is -2.18. The molecule has 4 aromatic carbocycles. The highest BCUT2D eigenvalue weighted by Crippen LogP contribution is 2.28. The fourth-order valence-corrected chi connectivity index (χ4v) is 3.73. The number of carbonyl (C=O) groups excluding carboxylic acids is 1. The first-order chi connectivity index (χ1) is 16.2. The largest absolute Gasteiger partial charge is 0.489 e. The minimum atomic E-state index is -0.386. The van der Waals surface area contributed by atoms with Gasteiger partial charge in [0.1, 0.15) is 29.3 Å². The fraction of sp³-hybridized carbons (Fsp3) is 0.0345. The van der Waals surface area contributed by atoms with E-state index < -0.39 is 0 Å². The molecule has 0 atom stereocenters. The lowest BCUT2D eigenvalue weighted by atomic mass is 9.97. The van der Waals surface area contributed by atoms with Crippen LogP contribution in [0.25, 0.3) is 22.3 Å². The predicted octanol–water partition coefficient (Wildman–Crippen LogP) is 6.27. The highest BCUT2D eigenvalue weighted by molar-refractivity contribution is 6.13. The summed E-state index contributed by atoms with van der Waals surface area (Å²) in [5.41, 5.74) is 2.25. The molecular formula is C29H20O4. The van der Waals surface area contributed by atoms with Crippen molar-refractivity contribution in [1.82, 2.24) is 0 Å². The molecule has 0 amide bonds. The van der Waals surface area contributed by atoms with Crippen LogP contribution in [0.3, 0.4) is 0 Å². The van der Waals surface area contributed by atoms with Crippen LogP contribution in [0.4, 0.5) is 0 Å². The third-order valence-electron chi connectivity index (χ3n) is 5.43. The number of fused-ring (bicyclic) bond motifs is 1. The molecule has 0 bridgehead atoms. The molecule has 0 N–H and O–H groups in total. The van der Waals surface area contributed by atoms with Crippen molar-refractivity contribution in [3.8, 4) is 17.1 Å². The van der Waals surface area contributed by atoms with Gasteiger partial charge >= 0.3 is 0 Å². The van der Waals surface area contributed by atoms with E-state index in [9.17, 15) is 9.59 Å². The quantitative estimate of drug-likeness (QED) is 0.297. The van der Waals surface area contributed by atoms with Crippen LogP contribution in [0.2, 0.25) is 0 Å². The van der Waals surface area contributed by atoms with Crippen molar-refractivity contribution in [2.75, 3.05) is 0 Å². The number of ether oxygens (including phenoxy) is 1. The summed E-state index contributed by atoms with van der Waals surface area (Å²) in [7, 11) is 0. The summed E-state index contributed by atoms with van der Waals surface area (Å²) in [6.07, 6.45) is 0. The Hall–Kier alpha value is -4.44. The summed E-state index contributed by atoms with van der Waals surface area (Å²) < 4.78 is 11.9. The van der Waals surface area contributed by atoms with Crippen LogP contribution in [-0.4, -0.2) is 5.78 Å². The van der Waals surface area contributed by atoms with Gasteiger partial charge in [0.15, 0.2) is 0 Å². The van der Waals surface area contributed by atoms with Gasteiger partial charge in [-0.25, -0.2) is 0 Å². The molecule has 0 radical (unpaired) electrons.